The van der Waals surface area contributed by atoms with Crippen molar-refractivity contribution in [2.75, 3.05) is 12.8 Å². The van der Waals surface area contributed by atoms with Crippen molar-refractivity contribution in [3.8, 4) is 11.4 Å². The number of hydrogen-bond acceptors (Lipinski definition) is 6. The second kappa shape index (κ2) is 6.70. The van der Waals surface area contributed by atoms with Gasteiger partial charge in [0.15, 0.2) is 5.16 Å². The van der Waals surface area contributed by atoms with Crippen LogP contribution in [0.4, 0.5) is 5.82 Å². The first kappa shape index (κ1) is 15.4. The molecule has 23 heavy (non-hydrogen) atoms. The van der Waals surface area contributed by atoms with Crippen LogP contribution in [-0.2, 0) is 5.75 Å². The Morgan fingerprint density at radius 1 is 1.17 bits per heavy atom. The van der Waals surface area contributed by atoms with E-state index in [0.29, 0.717) is 5.82 Å². The maximum atomic E-state index is 5.71. The Morgan fingerprint density at radius 3 is 2.65 bits per heavy atom. The minimum absolute atomic E-state index is 0.524. The summed E-state index contributed by atoms with van der Waals surface area (Å²) in [5.41, 5.74) is 7.82. The van der Waals surface area contributed by atoms with Crippen molar-refractivity contribution in [2.24, 2.45) is 0 Å². The van der Waals surface area contributed by atoms with Crippen molar-refractivity contribution in [1.29, 1.82) is 0 Å². The second-order valence-electron chi connectivity index (χ2n) is 4.94. The maximum Gasteiger partial charge on any atom is 0.196 e. The fraction of sp³-hybridized carbons (Fsp3) is 0.188. The normalized spacial score (nSPS) is 10.7. The first-order valence-electron chi connectivity index (χ1n) is 7.07. The Kier molecular flexibility index (Phi) is 4.47. The lowest BCUT2D eigenvalue weighted by Crippen LogP contribution is -1.99. The van der Waals surface area contributed by atoms with Gasteiger partial charge in [0.1, 0.15) is 17.4 Å². The van der Waals surface area contributed by atoms with Gasteiger partial charge in [0.25, 0.3) is 0 Å². The number of nitrogens with zero attached hydrogens (tertiary/aromatic N) is 4. The van der Waals surface area contributed by atoms with Gasteiger partial charge in [-0.25, -0.2) is 4.98 Å². The molecule has 118 valence electrons. The van der Waals surface area contributed by atoms with Crippen LogP contribution in [0.5, 0.6) is 5.75 Å². The summed E-state index contributed by atoms with van der Waals surface area (Å²) in [5, 5.41) is 9.30. The van der Waals surface area contributed by atoms with Gasteiger partial charge in [-0.1, -0.05) is 11.8 Å². The fourth-order valence-corrected chi connectivity index (χ4v) is 3.14. The first-order valence-corrected chi connectivity index (χ1v) is 8.05. The molecule has 0 aliphatic carbocycles. The summed E-state index contributed by atoms with van der Waals surface area (Å²) in [7, 11) is 1.65. The molecule has 0 unspecified atom stereocenters. The molecular formula is C16H17N5OS. The maximum absolute atomic E-state index is 5.71. The molecule has 3 aromatic rings. The molecule has 0 aliphatic heterocycles. The zero-order valence-corrected chi connectivity index (χ0v) is 13.7. The number of hydrogen-bond donors (Lipinski definition) is 1. The minimum Gasteiger partial charge on any atom is -0.497 e. The van der Waals surface area contributed by atoms with E-state index in [1.165, 1.54) is 0 Å². The van der Waals surface area contributed by atoms with Crippen LogP contribution in [0.1, 0.15) is 11.4 Å². The third-order valence-electron chi connectivity index (χ3n) is 3.34. The van der Waals surface area contributed by atoms with Crippen LogP contribution in [0, 0.1) is 6.92 Å². The Labute approximate surface area is 138 Å². The summed E-state index contributed by atoms with van der Waals surface area (Å²) in [4.78, 5) is 4.00. The summed E-state index contributed by atoms with van der Waals surface area (Å²) in [6.07, 6.45) is 1.71. The van der Waals surface area contributed by atoms with Crippen molar-refractivity contribution in [2.45, 2.75) is 17.8 Å². The van der Waals surface area contributed by atoms with E-state index in [9.17, 15) is 0 Å². The highest BCUT2D eigenvalue weighted by atomic mass is 32.2. The number of anilines is 1. The van der Waals surface area contributed by atoms with Crippen LogP contribution in [-0.4, -0.2) is 26.9 Å². The Morgan fingerprint density at radius 2 is 1.96 bits per heavy atom. The summed E-state index contributed by atoms with van der Waals surface area (Å²) >= 11 is 1.61. The molecule has 7 heteroatoms. The number of thioether (sulfide) groups is 1. The van der Waals surface area contributed by atoms with Gasteiger partial charge in [-0.2, -0.15) is 0 Å². The summed E-state index contributed by atoms with van der Waals surface area (Å²) < 4.78 is 7.22. The van der Waals surface area contributed by atoms with E-state index in [4.69, 9.17) is 10.5 Å². The minimum atomic E-state index is 0.524. The smallest absolute Gasteiger partial charge is 0.196 e. The highest BCUT2D eigenvalue weighted by Gasteiger charge is 2.12. The van der Waals surface area contributed by atoms with Crippen LogP contribution in [0.25, 0.3) is 5.69 Å². The molecule has 2 N–H and O–H groups in total. The highest BCUT2D eigenvalue weighted by molar-refractivity contribution is 7.98. The van der Waals surface area contributed by atoms with Gasteiger partial charge in [0.05, 0.1) is 7.11 Å². The molecule has 2 heterocycles. The number of nitrogens with two attached hydrogens (primary N) is 1. The highest BCUT2D eigenvalue weighted by Crippen LogP contribution is 2.26. The zero-order chi connectivity index (χ0) is 16.2. The lowest BCUT2D eigenvalue weighted by atomic mass is 10.3. The Bertz CT molecular complexity index is 800. The third kappa shape index (κ3) is 3.45. The standard InChI is InChI=1S/C16H17N5OS/c1-11-19-20-16(23-10-12-7-8-18-15(17)9-12)21(11)13-3-5-14(22-2)6-4-13/h3-9H,10H2,1-2H3,(H2,17,18). The third-order valence-corrected chi connectivity index (χ3v) is 4.34. The predicted octanol–water partition coefficient (Wildman–Crippen LogP) is 2.85. The summed E-state index contributed by atoms with van der Waals surface area (Å²) in [6, 6.07) is 11.6. The number of methoxy groups -OCH3 is 1. The second-order valence-corrected chi connectivity index (χ2v) is 5.88. The van der Waals surface area contributed by atoms with Gasteiger partial charge in [0, 0.05) is 17.6 Å². The summed E-state index contributed by atoms with van der Waals surface area (Å²) in [5.74, 6) is 2.94. The molecule has 0 spiro atoms. The van der Waals surface area contributed by atoms with Crippen molar-refractivity contribution in [1.82, 2.24) is 19.7 Å². The zero-order valence-electron chi connectivity index (χ0n) is 12.9. The topological polar surface area (TPSA) is 78.8 Å². The average Bonchev–Trinajstić information content (AvgIpc) is 2.94. The molecule has 0 saturated carbocycles. The van der Waals surface area contributed by atoms with Crippen molar-refractivity contribution in [3.63, 3.8) is 0 Å². The van der Waals surface area contributed by atoms with E-state index in [2.05, 4.69) is 15.2 Å². The van der Waals surface area contributed by atoms with Gasteiger partial charge in [-0.3, -0.25) is 4.57 Å². The van der Waals surface area contributed by atoms with Crippen molar-refractivity contribution >= 4 is 17.6 Å². The predicted molar refractivity (Wildman–Crippen MR) is 90.9 cm³/mol. The van der Waals surface area contributed by atoms with E-state index in [1.807, 2.05) is 47.9 Å². The van der Waals surface area contributed by atoms with Gasteiger partial charge < -0.3 is 10.5 Å². The lowest BCUT2D eigenvalue weighted by Gasteiger charge is -2.09. The molecular weight excluding hydrogens is 310 g/mol. The number of rotatable bonds is 5. The molecule has 0 amide bonds. The molecule has 3 rings (SSSR count). The average molecular weight is 327 g/mol. The number of benzene rings is 1. The van der Waals surface area contributed by atoms with Crippen LogP contribution < -0.4 is 10.5 Å². The van der Waals surface area contributed by atoms with Gasteiger partial charge >= 0.3 is 0 Å². The molecule has 0 saturated heterocycles. The quantitative estimate of drug-likeness (QED) is 0.726. The SMILES string of the molecule is COc1ccc(-n2c(C)nnc2SCc2ccnc(N)c2)cc1. The molecule has 0 atom stereocenters. The molecule has 2 aromatic heterocycles. The number of aromatic nitrogens is 4. The monoisotopic (exact) mass is 327 g/mol. The number of nitrogen functional groups attached to an aromatic ring is 1. The first-order chi connectivity index (χ1) is 11.2. The molecule has 0 radical (unpaired) electrons. The van der Waals surface area contributed by atoms with Gasteiger partial charge in [0.2, 0.25) is 0 Å². The van der Waals surface area contributed by atoms with E-state index in [0.717, 1.165) is 33.7 Å². The number of aryl methyl sites for hydroxylation is 1. The van der Waals surface area contributed by atoms with E-state index < -0.39 is 0 Å². The molecule has 0 fully saturated rings. The van der Waals surface area contributed by atoms with E-state index in [-0.39, 0.29) is 0 Å². The summed E-state index contributed by atoms with van der Waals surface area (Å²) in [6.45, 7) is 1.94. The Hall–Kier alpha value is -2.54. The molecule has 0 aliphatic rings. The molecule has 1 aromatic carbocycles. The number of ether oxygens (including phenoxy) is 1. The van der Waals surface area contributed by atoms with Crippen LogP contribution in [0.3, 0.4) is 0 Å². The lowest BCUT2D eigenvalue weighted by molar-refractivity contribution is 0.414. The van der Waals surface area contributed by atoms with E-state index >= 15 is 0 Å². The van der Waals surface area contributed by atoms with Crippen molar-refractivity contribution in [3.05, 3.63) is 54.0 Å². The van der Waals surface area contributed by atoms with Gasteiger partial charge in [-0.15, -0.1) is 10.2 Å². The fourth-order valence-electron chi connectivity index (χ4n) is 2.20. The van der Waals surface area contributed by atoms with Crippen LogP contribution in [0.15, 0.2) is 47.8 Å². The van der Waals surface area contributed by atoms with Crippen molar-refractivity contribution < 1.29 is 4.74 Å². The van der Waals surface area contributed by atoms with Crippen LogP contribution >= 0.6 is 11.8 Å². The largest absolute Gasteiger partial charge is 0.497 e. The molecule has 0 bridgehead atoms. The molecule has 6 nitrogen and oxygen atoms in total. The Balaban J connectivity index is 1.83. The number of pyridine rings is 1. The van der Waals surface area contributed by atoms with Crippen LogP contribution in [0.2, 0.25) is 0 Å². The van der Waals surface area contributed by atoms with E-state index in [1.54, 1.807) is 25.1 Å². The van der Waals surface area contributed by atoms with Gasteiger partial charge in [-0.05, 0) is 48.9 Å².